The van der Waals surface area contributed by atoms with Gasteiger partial charge in [-0.25, -0.2) is 0 Å². The fourth-order valence-corrected chi connectivity index (χ4v) is 3.41. The predicted octanol–water partition coefficient (Wildman–Crippen LogP) is 2.60. The third kappa shape index (κ3) is 3.11. The average Bonchev–Trinajstić information content (AvgIpc) is 2.91. The Balaban J connectivity index is 1.69. The third-order valence-corrected chi connectivity index (χ3v) is 4.67. The number of carbonyl (C=O) groups is 1. The topological polar surface area (TPSA) is 41.6 Å². The lowest BCUT2D eigenvalue weighted by molar-refractivity contribution is -0.122. The van der Waals surface area contributed by atoms with Crippen LogP contribution in [0.1, 0.15) is 36.4 Å². The number of hydrogen-bond acceptors (Lipinski definition) is 3. The highest BCUT2D eigenvalue weighted by Gasteiger charge is 2.25. The molecule has 3 rings (SSSR count). The van der Waals surface area contributed by atoms with Gasteiger partial charge in [0.25, 0.3) is 0 Å². The summed E-state index contributed by atoms with van der Waals surface area (Å²) in [5, 5.41) is 3.08. The molecule has 0 radical (unpaired) electrons. The molecule has 1 unspecified atom stereocenters. The number of hydrogen-bond donors (Lipinski definition) is 1. The van der Waals surface area contributed by atoms with Crippen molar-refractivity contribution in [3.8, 4) is 0 Å². The largest absolute Gasteiger partial charge is 0.381 e. The molecule has 1 aliphatic carbocycles. The lowest BCUT2D eigenvalue weighted by Gasteiger charge is -2.22. The molecule has 1 aliphatic heterocycles. The van der Waals surface area contributed by atoms with Crippen LogP contribution in [0.15, 0.2) is 18.2 Å². The van der Waals surface area contributed by atoms with Crippen LogP contribution in [0.4, 0.5) is 5.69 Å². The maximum atomic E-state index is 12.3. The molecule has 1 amide bonds. The van der Waals surface area contributed by atoms with E-state index in [1.54, 1.807) is 0 Å². The summed E-state index contributed by atoms with van der Waals surface area (Å²) in [7, 11) is 4.25. The maximum absolute atomic E-state index is 12.3. The van der Waals surface area contributed by atoms with Crippen LogP contribution in [0, 0.1) is 5.92 Å². The van der Waals surface area contributed by atoms with Crippen molar-refractivity contribution in [2.24, 2.45) is 5.92 Å². The summed E-state index contributed by atoms with van der Waals surface area (Å²) in [6.45, 7) is 1.40. The fourth-order valence-electron chi connectivity index (χ4n) is 3.41. The van der Waals surface area contributed by atoms with Crippen molar-refractivity contribution in [3.05, 3.63) is 29.3 Å². The number of rotatable bonds is 3. The first kappa shape index (κ1) is 14.5. The van der Waals surface area contributed by atoms with Crippen LogP contribution in [0.2, 0.25) is 0 Å². The first-order valence-electron chi connectivity index (χ1n) is 7.83. The Morgan fingerprint density at radius 3 is 2.71 bits per heavy atom. The number of aryl methyl sites for hydroxylation is 1. The van der Waals surface area contributed by atoms with Crippen molar-refractivity contribution in [1.29, 1.82) is 0 Å². The van der Waals surface area contributed by atoms with E-state index >= 15 is 0 Å². The zero-order valence-electron chi connectivity index (χ0n) is 12.9. The molecule has 114 valence electrons. The quantitative estimate of drug-likeness (QED) is 0.929. The highest BCUT2D eigenvalue weighted by Crippen LogP contribution is 2.35. The summed E-state index contributed by atoms with van der Waals surface area (Å²) < 4.78 is 5.31. The standard InChI is InChI=1S/C17H24N2O2/c1-19(2)16-6-3-13-11-14(4-5-15(13)16)18-17(20)12-7-9-21-10-8-12/h4-5,11-12,16H,3,6-10H2,1-2H3,(H,18,20). The van der Waals surface area contributed by atoms with Crippen molar-refractivity contribution in [1.82, 2.24) is 4.90 Å². The lowest BCUT2D eigenvalue weighted by Crippen LogP contribution is -2.28. The second-order valence-electron chi connectivity index (χ2n) is 6.31. The van der Waals surface area contributed by atoms with E-state index in [0.29, 0.717) is 19.3 Å². The SMILES string of the molecule is CN(C)C1CCc2cc(NC(=O)C3CCOCC3)ccc21. The molecule has 4 heteroatoms. The molecule has 4 nitrogen and oxygen atoms in total. The summed E-state index contributed by atoms with van der Waals surface area (Å²) >= 11 is 0. The minimum Gasteiger partial charge on any atom is -0.381 e. The zero-order chi connectivity index (χ0) is 14.8. The van der Waals surface area contributed by atoms with E-state index in [0.717, 1.165) is 24.9 Å². The minimum atomic E-state index is 0.0986. The van der Waals surface area contributed by atoms with Gasteiger partial charge in [-0.3, -0.25) is 4.79 Å². The maximum Gasteiger partial charge on any atom is 0.227 e. The fraction of sp³-hybridized carbons (Fsp3) is 0.588. The summed E-state index contributed by atoms with van der Waals surface area (Å²) in [6, 6.07) is 6.88. The first-order valence-corrected chi connectivity index (χ1v) is 7.83. The predicted molar refractivity (Wildman–Crippen MR) is 83.4 cm³/mol. The van der Waals surface area contributed by atoms with Crippen LogP contribution in [0.25, 0.3) is 0 Å². The first-order chi connectivity index (χ1) is 10.1. The highest BCUT2D eigenvalue weighted by molar-refractivity contribution is 5.92. The lowest BCUT2D eigenvalue weighted by atomic mass is 9.99. The number of nitrogens with zero attached hydrogens (tertiary/aromatic N) is 1. The molecule has 1 aromatic carbocycles. The third-order valence-electron chi connectivity index (χ3n) is 4.67. The Hall–Kier alpha value is -1.39. The Morgan fingerprint density at radius 1 is 1.24 bits per heavy atom. The normalized spacial score (nSPS) is 22.3. The van der Waals surface area contributed by atoms with E-state index in [4.69, 9.17) is 4.74 Å². The number of ether oxygens (including phenoxy) is 1. The van der Waals surface area contributed by atoms with Crippen molar-refractivity contribution in [3.63, 3.8) is 0 Å². The van der Waals surface area contributed by atoms with Gasteiger partial charge in [-0.15, -0.1) is 0 Å². The van der Waals surface area contributed by atoms with Gasteiger partial charge < -0.3 is 15.0 Å². The molecule has 1 saturated heterocycles. The van der Waals surface area contributed by atoms with Crippen LogP contribution in [0.5, 0.6) is 0 Å². The molecular formula is C17H24N2O2. The Morgan fingerprint density at radius 2 is 2.00 bits per heavy atom. The second kappa shape index (κ2) is 6.16. The van der Waals surface area contributed by atoms with Crippen molar-refractivity contribution in [2.75, 3.05) is 32.6 Å². The van der Waals surface area contributed by atoms with Crippen molar-refractivity contribution >= 4 is 11.6 Å². The van der Waals surface area contributed by atoms with Gasteiger partial charge in [0.1, 0.15) is 0 Å². The Kier molecular flexibility index (Phi) is 4.27. The van der Waals surface area contributed by atoms with E-state index in [1.165, 1.54) is 17.5 Å². The molecule has 2 aliphatic rings. The minimum absolute atomic E-state index is 0.0986. The molecule has 0 saturated carbocycles. The summed E-state index contributed by atoms with van der Waals surface area (Å²) in [5.41, 5.74) is 3.71. The molecule has 1 atom stereocenters. The van der Waals surface area contributed by atoms with E-state index in [-0.39, 0.29) is 11.8 Å². The van der Waals surface area contributed by atoms with E-state index < -0.39 is 0 Å². The monoisotopic (exact) mass is 288 g/mol. The molecular weight excluding hydrogens is 264 g/mol. The zero-order valence-corrected chi connectivity index (χ0v) is 12.9. The number of anilines is 1. The van der Waals surface area contributed by atoms with Gasteiger partial charge in [0.2, 0.25) is 5.91 Å². The van der Waals surface area contributed by atoms with Crippen LogP contribution in [-0.2, 0) is 16.0 Å². The summed E-state index contributed by atoms with van der Waals surface area (Å²) in [5.74, 6) is 0.238. The van der Waals surface area contributed by atoms with Gasteiger partial charge in [-0.1, -0.05) is 6.07 Å². The number of carbonyl (C=O) groups excluding carboxylic acids is 1. The number of nitrogens with one attached hydrogen (secondary N) is 1. The van der Waals surface area contributed by atoms with Crippen LogP contribution < -0.4 is 5.32 Å². The van der Waals surface area contributed by atoms with Gasteiger partial charge in [-0.2, -0.15) is 0 Å². The van der Waals surface area contributed by atoms with Crippen LogP contribution in [0.3, 0.4) is 0 Å². The molecule has 1 N–H and O–H groups in total. The van der Waals surface area contributed by atoms with Gasteiger partial charge in [0.15, 0.2) is 0 Å². The number of amides is 1. The van der Waals surface area contributed by atoms with Crippen LogP contribution in [-0.4, -0.2) is 38.1 Å². The molecule has 0 spiro atoms. The molecule has 0 aromatic heterocycles. The number of fused-ring (bicyclic) bond motifs is 1. The van der Waals surface area contributed by atoms with Gasteiger partial charge in [0, 0.05) is 30.9 Å². The molecule has 0 bridgehead atoms. The Bertz CT molecular complexity index is 522. The van der Waals surface area contributed by atoms with Crippen LogP contribution >= 0.6 is 0 Å². The molecule has 21 heavy (non-hydrogen) atoms. The van der Waals surface area contributed by atoms with Gasteiger partial charge in [0.05, 0.1) is 0 Å². The van der Waals surface area contributed by atoms with E-state index in [9.17, 15) is 4.79 Å². The smallest absolute Gasteiger partial charge is 0.227 e. The average molecular weight is 288 g/mol. The molecule has 1 heterocycles. The van der Waals surface area contributed by atoms with Crippen molar-refractivity contribution in [2.45, 2.75) is 31.7 Å². The van der Waals surface area contributed by atoms with Gasteiger partial charge >= 0.3 is 0 Å². The molecule has 1 fully saturated rings. The van der Waals surface area contributed by atoms with Crippen molar-refractivity contribution < 1.29 is 9.53 Å². The molecule has 1 aromatic rings. The van der Waals surface area contributed by atoms with E-state index in [2.05, 4.69) is 36.4 Å². The highest BCUT2D eigenvalue weighted by atomic mass is 16.5. The second-order valence-corrected chi connectivity index (χ2v) is 6.31. The van der Waals surface area contributed by atoms with E-state index in [1.807, 2.05) is 6.07 Å². The summed E-state index contributed by atoms with van der Waals surface area (Å²) in [4.78, 5) is 14.5. The Labute approximate surface area is 126 Å². The summed E-state index contributed by atoms with van der Waals surface area (Å²) in [6.07, 6.45) is 3.93. The number of benzene rings is 1. The van der Waals surface area contributed by atoms with Gasteiger partial charge in [-0.05, 0) is 63.0 Å².